The Morgan fingerprint density at radius 3 is 1.93 bits per heavy atom. The number of hydrogen-bond acceptors (Lipinski definition) is 0. The molecule has 0 bridgehead atoms. The molecule has 1 aromatic carbocycles. The van der Waals surface area contributed by atoms with Gasteiger partial charge in [-0.2, -0.15) is 0 Å². The Bertz CT molecular complexity index is 653. The lowest BCUT2D eigenvalue weighted by Gasteiger charge is -2.45. The van der Waals surface area contributed by atoms with Crippen molar-refractivity contribution in [3.63, 3.8) is 0 Å². The summed E-state index contributed by atoms with van der Waals surface area (Å²) in [6.07, 6.45) is 19.9. The molecule has 1 atom stereocenters. The van der Waals surface area contributed by atoms with E-state index >= 15 is 0 Å². The zero-order valence-electron chi connectivity index (χ0n) is 17.1. The van der Waals surface area contributed by atoms with Gasteiger partial charge in [0.25, 0.3) is 0 Å². The molecule has 0 amide bonds. The maximum atomic E-state index is 7.11. The number of allylic oxidation sites excluding steroid dienone is 1. The number of rotatable bonds is 4. The molecular weight excluding hydrogens is 402 g/mol. The van der Waals surface area contributed by atoms with E-state index in [1.54, 1.807) is 5.57 Å². The summed E-state index contributed by atoms with van der Waals surface area (Å²) in [6.45, 7) is 0. The van der Waals surface area contributed by atoms with Crippen molar-refractivity contribution in [2.24, 2.45) is 0 Å². The molecule has 0 spiro atoms. The minimum absolute atomic E-state index is 0.0277. The fraction of sp³-hybridized carbons (Fsp3) is 0.680. The van der Waals surface area contributed by atoms with Crippen LogP contribution in [0.1, 0.15) is 95.5 Å². The smallest absolute Gasteiger partial charge is 0.0493 e. The Kier molecular flexibility index (Phi) is 7.82. The molecule has 4 rings (SSSR count). The standard InChI is InChI=1S/C25H35Cl2P/c26-23-17-9-7-15-21(23)25(27)22-16-8-10-18-24(22)28(19-11-3-1-4-12-19)20-13-5-2-6-14-20/h7,9,15,17,19-20,24H,1-6,8,10-14,16,18H2. The second kappa shape index (κ2) is 10.3. The summed E-state index contributed by atoms with van der Waals surface area (Å²) in [7, 11) is 0.0277. The molecule has 0 aromatic heterocycles. The van der Waals surface area contributed by atoms with Crippen LogP contribution in [0.4, 0.5) is 0 Å². The Labute approximate surface area is 183 Å². The maximum absolute atomic E-state index is 7.11. The molecule has 0 aliphatic heterocycles. The topological polar surface area (TPSA) is 0 Å². The molecule has 0 saturated heterocycles. The molecule has 1 aromatic rings. The monoisotopic (exact) mass is 436 g/mol. The first-order valence-corrected chi connectivity index (χ1v) is 14.0. The molecule has 1 unspecified atom stereocenters. The highest BCUT2D eigenvalue weighted by Gasteiger charge is 2.39. The summed E-state index contributed by atoms with van der Waals surface area (Å²) in [5.74, 6) is 0. The molecule has 0 nitrogen and oxygen atoms in total. The van der Waals surface area contributed by atoms with E-state index in [0.29, 0.717) is 0 Å². The molecular formula is C25H35Cl2P. The molecule has 3 heteroatoms. The van der Waals surface area contributed by atoms with E-state index in [-0.39, 0.29) is 7.92 Å². The van der Waals surface area contributed by atoms with Crippen molar-refractivity contribution < 1.29 is 0 Å². The zero-order chi connectivity index (χ0) is 19.3. The highest BCUT2D eigenvalue weighted by Crippen LogP contribution is 2.63. The summed E-state index contributed by atoms with van der Waals surface area (Å²) in [4.78, 5) is 0. The first kappa shape index (κ1) is 21.2. The second-order valence-electron chi connectivity index (χ2n) is 9.11. The van der Waals surface area contributed by atoms with Crippen LogP contribution in [0, 0.1) is 0 Å². The van der Waals surface area contributed by atoms with Gasteiger partial charge in [-0.15, -0.1) is 0 Å². The maximum Gasteiger partial charge on any atom is 0.0493 e. The van der Waals surface area contributed by atoms with E-state index in [1.807, 2.05) is 12.1 Å². The fourth-order valence-corrected chi connectivity index (χ4v) is 11.3. The summed E-state index contributed by atoms with van der Waals surface area (Å²) in [6, 6.07) is 8.19. The van der Waals surface area contributed by atoms with Crippen molar-refractivity contribution >= 4 is 36.2 Å². The molecule has 3 aliphatic carbocycles. The average molecular weight is 437 g/mol. The SMILES string of the molecule is ClC(=C1CCCCC1P(C1CCCCC1)C1CCCCC1)c1ccccc1Cl. The van der Waals surface area contributed by atoms with Gasteiger partial charge in [-0.3, -0.25) is 0 Å². The number of hydrogen-bond donors (Lipinski definition) is 0. The van der Waals surface area contributed by atoms with Crippen molar-refractivity contribution in [2.45, 2.75) is 107 Å². The van der Waals surface area contributed by atoms with Crippen LogP contribution in [-0.2, 0) is 0 Å². The molecule has 0 heterocycles. The van der Waals surface area contributed by atoms with Crippen LogP contribution in [0.25, 0.3) is 5.03 Å². The van der Waals surface area contributed by atoms with Crippen molar-refractivity contribution in [3.8, 4) is 0 Å². The predicted molar refractivity (Wildman–Crippen MR) is 127 cm³/mol. The summed E-state index contributed by atoms with van der Waals surface area (Å²) < 4.78 is 0. The van der Waals surface area contributed by atoms with E-state index in [4.69, 9.17) is 23.2 Å². The van der Waals surface area contributed by atoms with E-state index < -0.39 is 0 Å². The Hall–Kier alpha value is -0.0300. The predicted octanol–water partition coefficient (Wildman–Crippen LogP) is 9.38. The normalized spacial score (nSPS) is 27.2. The Balaban J connectivity index is 1.69. The zero-order valence-corrected chi connectivity index (χ0v) is 19.6. The number of benzene rings is 1. The summed E-state index contributed by atoms with van der Waals surface area (Å²) in [5.41, 5.74) is 5.36. The molecule has 154 valence electrons. The van der Waals surface area contributed by atoms with Gasteiger partial charge in [0, 0.05) is 21.3 Å². The Morgan fingerprint density at radius 1 is 0.750 bits per heavy atom. The van der Waals surface area contributed by atoms with Crippen molar-refractivity contribution in [3.05, 3.63) is 40.4 Å². The quantitative estimate of drug-likeness (QED) is 0.412. The minimum Gasteiger partial charge on any atom is -0.0929 e. The average Bonchev–Trinajstić information content (AvgIpc) is 2.76. The van der Waals surface area contributed by atoms with E-state index in [2.05, 4.69) is 12.1 Å². The third kappa shape index (κ3) is 4.82. The van der Waals surface area contributed by atoms with Gasteiger partial charge in [-0.25, -0.2) is 0 Å². The van der Waals surface area contributed by atoms with Gasteiger partial charge in [-0.1, -0.05) is 94.3 Å². The van der Waals surface area contributed by atoms with Gasteiger partial charge in [0.05, 0.1) is 0 Å². The molecule has 3 aliphatic rings. The highest BCUT2D eigenvalue weighted by atomic mass is 35.5. The van der Waals surface area contributed by atoms with Crippen LogP contribution >= 0.6 is 31.1 Å². The highest BCUT2D eigenvalue weighted by molar-refractivity contribution is 7.60. The van der Waals surface area contributed by atoms with Crippen molar-refractivity contribution in [1.82, 2.24) is 0 Å². The summed E-state index contributed by atoms with van der Waals surface area (Å²) >= 11 is 13.7. The number of halogens is 2. The molecule has 0 radical (unpaired) electrons. The lowest BCUT2D eigenvalue weighted by atomic mass is 9.92. The third-order valence-corrected chi connectivity index (χ3v) is 12.1. The fourth-order valence-electron chi connectivity index (χ4n) is 5.96. The first-order valence-electron chi connectivity index (χ1n) is 11.7. The van der Waals surface area contributed by atoms with Gasteiger partial charge in [0.1, 0.15) is 0 Å². The van der Waals surface area contributed by atoms with Gasteiger partial charge >= 0.3 is 0 Å². The van der Waals surface area contributed by atoms with Crippen LogP contribution in [0.3, 0.4) is 0 Å². The van der Waals surface area contributed by atoms with Crippen LogP contribution < -0.4 is 0 Å². The largest absolute Gasteiger partial charge is 0.0929 e. The van der Waals surface area contributed by atoms with E-state index in [0.717, 1.165) is 32.6 Å². The van der Waals surface area contributed by atoms with Gasteiger partial charge in [0.2, 0.25) is 0 Å². The Morgan fingerprint density at radius 2 is 1.32 bits per heavy atom. The lowest BCUT2D eigenvalue weighted by Crippen LogP contribution is -2.29. The van der Waals surface area contributed by atoms with Crippen molar-refractivity contribution in [1.29, 1.82) is 0 Å². The van der Waals surface area contributed by atoms with Crippen LogP contribution in [0.15, 0.2) is 29.8 Å². The van der Waals surface area contributed by atoms with Crippen LogP contribution in [-0.4, -0.2) is 17.0 Å². The van der Waals surface area contributed by atoms with Crippen molar-refractivity contribution in [2.75, 3.05) is 0 Å². The minimum atomic E-state index is 0.0277. The van der Waals surface area contributed by atoms with Gasteiger partial charge in [0.15, 0.2) is 0 Å². The van der Waals surface area contributed by atoms with Gasteiger partial charge < -0.3 is 0 Å². The van der Waals surface area contributed by atoms with Gasteiger partial charge in [-0.05, 0) is 67.9 Å². The molecule has 0 N–H and O–H groups in total. The van der Waals surface area contributed by atoms with E-state index in [1.165, 1.54) is 89.9 Å². The van der Waals surface area contributed by atoms with E-state index in [9.17, 15) is 0 Å². The first-order chi connectivity index (χ1) is 13.8. The second-order valence-corrected chi connectivity index (χ2v) is 12.9. The van der Waals surface area contributed by atoms with Crippen LogP contribution in [0.5, 0.6) is 0 Å². The van der Waals surface area contributed by atoms with Crippen LogP contribution in [0.2, 0.25) is 5.02 Å². The molecule has 3 fully saturated rings. The molecule has 28 heavy (non-hydrogen) atoms. The molecule has 3 saturated carbocycles. The lowest BCUT2D eigenvalue weighted by molar-refractivity contribution is 0.476. The summed E-state index contributed by atoms with van der Waals surface area (Å²) in [5, 5.41) is 1.80. The third-order valence-electron chi connectivity index (χ3n) is 7.32.